The van der Waals surface area contributed by atoms with Gasteiger partial charge in [0.25, 0.3) is 0 Å². The number of rotatable bonds is 5. The summed E-state index contributed by atoms with van der Waals surface area (Å²) in [6.45, 7) is 19.2. The monoisotopic (exact) mass is 715 g/mol. The van der Waals surface area contributed by atoms with Crippen LogP contribution in [-0.2, 0) is 16.2 Å². The summed E-state index contributed by atoms with van der Waals surface area (Å²) in [5, 5.41) is 0. The minimum atomic E-state index is -0.0923. The molecule has 0 heterocycles. The van der Waals surface area contributed by atoms with Crippen molar-refractivity contribution in [2.24, 2.45) is 5.41 Å². The largest absolute Gasteiger partial charge is 0.310 e. The van der Waals surface area contributed by atoms with Gasteiger partial charge in [-0.2, -0.15) is 0 Å². The fourth-order valence-corrected chi connectivity index (χ4v) is 9.40. The molecule has 2 aliphatic rings. The quantitative estimate of drug-likeness (QED) is 0.172. The molecule has 0 N–H and O–H groups in total. The van der Waals surface area contributed by atoms with Crippen LogP contribution in [0.2, 0.25) is 0 Å². The lowest BCUT2D eigenvalue weighted by Gasteiger charge is -2.44. The van der Waals surface area contributed by atoms with Crippen molar-refractivity contribution in [2.75, 3.05) is 4.90 Å². The molecule has 0 aromatic heterocycles. The summed E-state index contributed by atoms with van der Waals surface area (Å²) < 4.78 is 1.14. The van der Waals surface area contributed by atoms with Crippen molar-refractivity contribution in [3.63, 3.8) is 0 Å². The number of benzene rings is 6. The van der Waals surface area contributed by atoms with Crippen LogP contribution in [-0.4, -0.2) is 0 Å². The molecule has 0 saturated carbocycles. The van der Waals surface area contributed by atoms with E-state index in [-0.39, 0.29) is 21.7 Å². The Hall–Kier alpha value is -4.40. The third kappa shape index (κ3) is 4.71. The predicted molar refractivity (Wildman–Crippen MR) is 217 cm³/mol. The first-order chi connectivity index (χ1) is 23.7. The van der Waals surface area contributed by atoms with Crippen LogP contribution in [0.5, 0.6) is 0 Å². The highest BCUT2D eigenvalue weighted by Gasteiger charge is 2.57. The minimum absolute atomic E-state index is 0.0254. The molecule has 6 aromatic rings. The molecule has 0 amide bonds. The molecule has 8 rings (SSSR count). The molecular weight excluding hydrogens is 670 g/mol. The van der Waals surface area contributed by atoms with Crippen LogP contribution in [0.25, 0.3) is 33.4 Å². The van der Waals surface area contributed by atoms with Crippen LogP contribution < -0.4 is 4.90 Å². The third-order valence-electron chi connectivity index (χ3n) is 13.0. The van der Waals surface area contributed by atoms with E-state index in [4.69, 9.17) is 0 Å². The van der Waals surface area contributed by atoms with Gasteiger partial charge in [0.2, 0.25) is 0 Å². The van der Waals surface area contributed by atoms with Crippen LogP contribution >= 0.6 is 15.9 Å². The van der Waals surface area contributed by atoms with Gasteiger partial charge in [-0.15, -0.1) is 0 Å². The zero-order chi connectivity index (χ0) is 35.2. The summed E-state index contributed by atoms with van der Waals surface area (Å²) in [5.74, 6) is 0. The van der Waals surface area contributed by atoms with Crippen molar-refractivity contribution in [2.45, 2.75) is 71.6 Å². The summed E-state index contributed by atoms with van der Waals surface area (Å²) in [6.07, 6.45) is 0. The molecule has 0 spiro atoms. The second-order valence-corrected chi connectivity index (χ2v) is 17.3. The lowest BCUT2D eigenvalue weighted by molar-refractivity contribution is 0.125. The van der Waals surface area contributed by atoms with E-state index in [1.54, 1.807) is 0 Å². The first-order valence-electron chi connectivity index (χ1n) is 17.9. The van der Waals surface area contributed by atoms with E-state index in [0.29, 0.717) is 0 Å². The lowest BCUT2D eigenvalue weighted by Crippen LogP contribution is -2.42. The number of hydrogen-bond acceptors (Lipinski definition) is 1. The second kappa shape index (κ2) is 11.3. The Morgan fingerprint density at radius 3 is 1.64 bits per heavy atom. The van der Waals surface area contributed by atoms with E-state index >= 15 is 0 Å². The van der Waals surface area contributed by atoms with Gasteiger partial charge in [-0.05, 0) is 120 Å². The molecule has 0 atom stereocenters. The van der Waals surface area contributed by atoms with Crippen molar-refractivity contribution in [1.82, 2.24) is 0 Å². The van der Waals surface area contributed by atoms with Crippen LogP contribution in [0.3, 0.4) is 0 Å². The van der Waals surface area contributed by atoms with Gasteiger partial charge < -0.3 is 4.90 Å². The smallest absolute Gasteiger partial charge is 0.0467 e. The molecule has 0 saturated heterocycles. The number of halogens is 1. The summed E-state index contributed by atoms with van der Waals surface area (Å²) in [6, 6.07) is 49.5. The minimum Gasteiger partial charge on any atom is -0.310 e. The van der Waals surface area contributed by atoms with Crippen LogP contribution in [0.1, 0.15) is 77.6 Å². The first kappa shape index (κ1) is 32.8. The maximum absolute atomic E-state index is 4.05. The molecule has 250 valence electrons. The molecule has 6 aromatic carbocycles. The average Bonchev–Trinajstić information content (AvgIpc) is 3.39. The lowest BCUT2D eigenvalue weighted by atomic mass is 9.59. The average molecular weight is 717 g/mol. The normalized spacial score (nSPS) is 17.1. The Morgan fingerprint density at radius 2 is 0.940 bits per heavy atom. The van der Waals surface area contributed by atoms with Gasteiger partial charge >= 0.3 is 0 Å². The van der Waals surface area contributed by atoms with Crippen LogP contribution in [0.4, 0.5) is 17.1 Å². The van der Waals surface area contributed by atoms with Gasteiger partial charge in [0.1, 0.15) is 0 Å². The maximum atomic E-state index is 4.05. The fraction of sp³-hybridized carbons (Fsp3) is 0.250. The molecule has 0 aliphatic heterocycles. The highest BCUT2D eigenvalue weighted by molar-refractivity contribution is 9.10. The summed E-state index contributed by atoms with van der Waals surface area (Å²) >= 11 is 4.05. The van der Waals surface area contributed by atoms with Gasteiger partial charge in [-0.3, -0.25) is 0 Å². The van der Waals surface area contributed by atoms with E-state index in [2.05, 4.69) is 210 Å². The standard InChI is InChI=1S/C48H46BrN/c1-45(2)40-23-13-12-22-37(40)38-25-24-36(28-41(38)45)50(34-20-14-18-32(26-34)31-16-10-9-11-17-31)35-21-15-19-33(27-35)39-29-42-43(30-44(39)49)47(5,6)48(7,8)46(42,3)4/h9-30H,1-8H3. The van der Waals surface area contributed by atoms with Gasteiger partial charge in [0.15, 0.2) is 0 Å². The number of fused-ring (bicyclic) bond motifs is 4. The zero-order valence-corrected chi connectivity index (χ0v) is 32.1. The SMILES string of the molecule is CC1(C)c2ccccc2-c2ccc(N(c3cccc(-c4ccccc4)c3)c3cccc(-c4cc5c(cc4Br)C(C)(C)C(C)(C)C5(C)C)c3)cc21. The molecule has 1 nitrogen and oxygen atoms in total. The van der Waals surface area contributed by atoms with Crippen LogP contribution in [0, 0.1) is 5.41 Å². The Labute approximate surface area is 307 Å². The molecule has 2 aliphatic carbocycles. The molecule has 0 fully saturated rings. The summed E-state index contributed by atoms with van der Waals surface area (Å²) in [7, 11) is 0. The molecule has 0 radical (unpaired) electrons. The Bertz CT molecular complexity index is 2290. The van der Waals surface area contributed by atoms with Gasteiger partial charge in [-0.25, -0.2) is 0 Å². The number of hydrogen-bond donors (Lipinski definition) is 0. The molecule has 2 heteroatoms. The highest BCUT2D eigenvalue weighted by atomic mass is 79.9. The Kier molecular flexibility index (Phi) is 7.41. The van der Waals surface area contributed by atoms with Gasteiger partial charge in [0.05, 0.1) is 0 Å². The van der Waals surface area contributed by atoms with Crippen molar-refractivity contribution >= 4 is 33.0 Å². The maximum Gasteiger partial charge on any atom is 0.0467 e. The van der Waals surface area contributed by atoms with Crippen molar-refractivity contribution < 1.29 is 0 Å². The van der Waals surface area contributed by atoms with E-state index in [0.717, 1.165) is 21.5 Å². The van der Waals surface area contributed by atoms with E-state index in [1.165, 1.54) is 55.6 Å². The van der Waals surface area contributed by atoms with E-state index < -0.39 is 0 Å². The predicted octanol–water partition coefficient (Wildman–Crippen LogP) is 14.2. The Balaban J connectivity index is 1.30. The first-order valence-corrected chi connectivity index (χ1v) is 18.7. The number of nitrogens with zero attached hydrogens (tertiary/aromatic N) is 1. The van der Waals surface area contributed by atoms with Crippen molar-refractivity contribution in [3.05, 3.63) is 160 Å². The van der Waals surface area contributed by atoms with Crippen molar-refractivity contribution in [3.8, 4) is 33.4 Å². The Morgan fingerprint density at radius 1 is 0.400 bits per heavy atom. The molecule has 50 heavy (non-hydrogen) atoms. The molecule has 0 bridgehead atoms. The van der Waals surface area contributed by atoms with Crippen molar-refractivity contribution in [1.29, 1.82) is 0 Å². The summed E-state index contributed by atoms with van der Waals surface area (Å²) in [4.78, 5) is 2.44. The van der Waals surface area contributed by atoms with Gasteiger partial charge in [-0.1, -0.05) is 156 Å². The second-order valence-electron chi connectivity index (χ2n) is 16.5. The van der Waals surface area contributed by atoms with E-state index in [1.807, 2.05) is 0 Å². The fourth-order valence-electron chi connectivity index (χ4n) is 8.83. The summed E-state index contributed by atoms with van der Waals surface area (Å²) in [5.41, 5.74) is 16.7. The third-order valence-corrected chi connectivity index (χ3v) is 13.7. The van der Waals surface area contributed by atoms with Crippen LogP contribution in [0.15, 0.2) is 138 Å². The van der Waals surface area contributed by atoms with Gasteiger partial charge in [0, 0.05) is 26.9 Å². The molecule has 0 unspecified atom stereocenters. The van der Waals surface area contributed by atoms with E-state index in [9.17, 15) is 0 Å². The molecular formula is C48H46BrN. The topological polar surface area (TPSA) is 3.24 Å². The highest BCUT2D eigenvalue weighted by Crippen LogP contribution is 2.62. The zero-order valence-electron chi connectivity index (χ0n) is 30.5. The number of anilines is 3.